The standard InChI is InChI=1S/C35H46N6O3/c1-25(2)41(21-22-44-4)20-8-13-32(35(43)39-26(3)30-12-7-10-28-9-5-6-11-31(28)30)40-34(42)29-16-14-27(15-17-29)23-36-24-33-37-18-19-38-33/h5-7,9-12,14-19,25-26,32,36H,8,13,20-24H2,1-4H3,(H,37,38)(H,39,43)(H,40,42)/t26?,32-/m0/s1. The maximum atomic E-state index is 13.7. The van der Waals surface area contributed by atoms with E-state index in [2.05, 4.69) is 62.9 Å². The smallest absolute Gasteiger partial charge is 0.251 e. The SMILES string of the molecule is COCCN(CCC[C@H](NC(=O)c1ccc(CNCc2ncc[nH]2)cc1)C(=O)NC(C)c1cccc2ccccc12)C(C)C. The van der Waals surface area contributed by atoms with Crippen LogP contribution in [0.15, 0.2) is 79.1 Å². The molecule has 0 aliphatic rings. The van der Waals surface area contributed by atoms with Gasteiger partial charge in [0, 0.05) is 44.2 Å². The summed E-state index contributed by atoms with van der Waals surface area (Å²) in [4.78, 5) is 36.7. The molecule has 9 nitrogen and oxygen atoms in total. The van der Waals surface area contributed by atoms with Gasteiger partial charge in [-0.15, -0.1) is 0 Å². The fraction of sp³-hybridized carbons (Fsp3) is 0.400. The Morgan fingerprint density at radius 2 is 1.70 bits per heavy atom. The molecule has 0 aliphatic heterocycles. The van der Waals surface area contributed by atoms with Crippen molar-refractivity contribution < 1.29 is 14.3 Å². The summed E-state index contributed by atoms with van der Waals surface area (Å²) in [6, 6.07) is 21.2. The molecule has 4 aromatic rings. The van der Waals surface area contributed by atoms with Gasteiger partial charge in [-0.2, -0.15) is 0 Å². The first-order chi connectivity index (χ1) is 21.4. The highest BCUT2D eigenvalue weighted by atomic mass is 16.5. The average molecular weight is 599 g/mol. The number of carbonyl (C=O) groups is 2. The van der Waals surface area contributed by atoms with Crippen LogP contribution < -0.4 is 16.0 Å². The van der Waals surface area contributed by atoms with Crippen LogP contribution in [0.3, 0.4) is 0 Å². The molecule has 1 aromatic heterocycles. The highest BCUT2D eigenvalue weighted by Crippen LogP contribution is 2.24. The maximum absolute atomic E-state index is 13.7. The number of aromatic amines is 1. The molecule has 234 valence electrons. The molecule has 1 unspecified atom stereocenters. The Labute approximate surface area is 260 Å². The van der Waals surface area contributed by atoms with Crippen molar-refractivity contribution in [1.82, 2.24) is 30.8 Å². The van der Waals surface area contributed by atoms with Crippen LogP contribution in [0.1, 0.15) is 67.0 Å². The molecule has 4 rings (SSSR count). The average Bonchev–Trinajstić information content (AvgIpc) is 3.55. The quantitative estimate of drug-likeness (QED) is 0.137. The second-order valence-electron chi connectivity index (χ2n) is 11.4. The fourth-order valence-corrected chi connectivity index (χ4v) is 5.36. The van der Waals surface area contributed by atoms with Crippen LogP contribution in [-0.4, -0.2) is 65.6 Å². The third kappa shape index (κ3) is 9.47. The number of aromatic nitrogens is 2. The van der Waals surface area contributed by atoms with Gasteiger partial charge in [0.2, 0.25) is 5.91 Å². The lowest BCUT2D eigenvalue weighted by atomic mass is 9.99. The number of methoxy groups -OCH3 is 1. The summed E-state index contributed by atoms with van der Waals surface area (Å²) in [6.07, 6.45) is 4.79. The summed E-state index contributed by atoms with van der Waals surface area (Å²) in [5.74, 6) is 0.416. The zero-order valence-electron chi connectivity index (χ0n) is 26.3. The first-order valence-electron chi connectivity index (χ1n) is 15.5. The fourth-order valence-electron chi connectivity index (χ4n) is 5.36. The number of imidazole rings is 1. The molecule has 0 aliphatic carbocycles. The first-order valence-corrected chi connectivity index (χ1v) is 15.5. The highest BCUT2D eigenvalue weighted by Gasteiger charge is 2.24. The molecule has 3 aromatic carbocycles. The van der Waals surface area contributed by atoms with Gasteiger partial charge in [0.25, 0.3) is 5.91 Å². The molecule has 2 atom stereocenters. The van der Waals surface area contributed by atoms with Crippen molar-refractivity contribution in [2.24, 2.45) is 0 Å². The molecule has 4 N–H and O–H groups in total. The Morgan fingerprint density at radius 1 is 0.932 bits per heavy atom. The Kier molecular flexibility index (Phi) is 12.5. The number of H-pyrrole nitrogens is 1. The van der Waals surface area contributed by atoms with Crippen LogP contribution in [0.2, 0.25) is 0 Å². The van der Waals surface area contributed by atoms with E-state index >= 15 is 0 Å². The van der Waals surface area contributed by atoms with Gasteiger partial charge in [-0.3, -0.25) is 14.5 Å². The molecule has 0 radical (unpaired) electrons. The lowest BCUT2D eigenvalue weighted by molar-refractivity contribution is -0.123. The minimum absolute atomic E-state index is 0.189. The number of nitrogens with one attached hydrogen (secondary N) is 4. The molecule has 0 saturated heterocycles. The number of benzene rings is 3. The molecule has 0 bridgehead atoms. The van der Waals surface area contributed by atoms with E-state index in [1.54, 1.807) is 31.6 Å². The monoisotopic (exact) mass is 598 g/mol. The summed E-state index contributed by atoms with van der Waals surface area (Å²) < 4.78 is 5.28. The van der Waals surface area contributed by atoms with Gasteiger partial charge in [0.15, 0.2) is 0 Å². The van der Waals surface area contributed by atoms with Crippen LogP contribution in [0, 0.1) is 0 Å². The number of ether oxygens (including phenoxy) is 1. The van der Waals surface area contributed by atoms with Crippen molar-refractivity contribution >= 4 is 22.6 Å². The van der Waals surface area contributed by atoms with E-state index in [-0.39, 0.29) is 17.9 Å². The zero-order chi connectivity index (χ0) is 31.3. The topological polar surface area (TPSA) is 111 Å². The predicted octanol–water partition coefficient (Wildman–Crippen LogP) is 4.97. The van der Waals surface area contributed by atoms with E-state index in [4.69, 9.17) is 4.74 Å². The van der Waals surface area contributed by atoms with Crippen molar-refractivity contribution in [3.8, 4) is 0 Å². The molecule has 1 heterocycles. The Morgan fingerprint density at radius 3 is 2.43 bits per heavy atom. The van der Waals surface area contributed by atoms with Crippen molar-refractivity contribution in [1.29, 1.82) is 0 Å². The van der Waals surface area contributed by atoms with E-state index in [1.807, 2.05) is 43.3 Å². The third-order valence-electron chi connectivity index (χ3n) is 7.91. The van der Waals surface area contributed by atoms with E-state index in [0.29, 0.717) is 37.7 Å². The molecule has 0 spiro atoms. The van der Waals surface area contributed by atoms with Crippen LogP contribution in [0.5, 0.6) is 0 Å². The summed E-state index contributed by atoms with van der Waals surface area (Å²) in [6.45, 7) is 9.85. The van der Waals surface area contributed by atoms with Crippen molar-refractivity contribution in [3.63, 3.8) is 0 Å². The van der Waals surface area contributed by atoms with Crippen LogP contribution in [-0.2, 0) is 22.6 Å². The van der Waals surface area contributed by atoms with Crippen LogP contribution >= 0.6 is 0 Å². The zero-order valence-corrected chi connectivity index (χ0v) is 26.3. The van der Waals surface area contributed by atoms with E-state index in [0.717, 1.165) is 47.2 Å². The second-order valence-corrected chi connectivity index (χ2v) is 11.4. The van der Waals surface area contributed by atoms with Gasteiger partial charge in [0.1, 0.15) is 11.9 Å². The van der Waals surface area contributed by atoms with E-state index in [1.165, 1.54) is 0 Å². The number of carbonyl (C=O) groups excluding carboxylic acids is 2. The largest absolute Gasteiger partial charge is 0.383 e. The second kappa shape index (κ2) is 16.7. The van der Waals surface area contributed by atoms with E-state index < -0.39 is 6.04 Å². The Balaban J connectivity index is 1.42. The molecule has 2 amide bonds. The molecule has 44 heavy (non-hydrogen) atoms. The number of hydrogen-bond donors (Lipinski definition) is 4. The van der Waals surface area contributed by atoms with Gasteiger partial charge in [-0.05, 0) is 74.2 Å². The first kappa shape index (κ1) is 32.9. The lowest BCUT2D eigenvalue weighted by Gasteiger charge is -2.27. The number of rotatable bonds is 17. The normalized spacial score (nSPS) is 12.9. The van der Waals surface area contributed by atoms with E-state index in [9.17, 15) is 9.59 Å². The van der Waals surface area contributed by atoms with Gasteiger partial charge >= 0.3 is 0 Å². The minimum Gasteiger partial charge on any atom is -0.383 e. The molecular formula is C35H46N6O3. The summed E-state index contributed by atoms with van der Waals surface area (Å²) in [5, 5.41) is 11.8. The molecular weight excluding hydrogens is 552 g/mol. The number of nitrogens with zero attached hydrogens (tertiary/aromatic N) is 2. The van der Waals surface area contributed by atoms with Crippen molar-refractivity contribution in [2.45, 2.75) is 64.8 Å². The third-order valence-corrected chi connectivity index (χ3v) is 7.91. The summed E-state index contributed by atoms with van der Waals surface area (Å²) >= 11 is 0. The maximum Gasteiger partial charge on any atom is 0.251 e. The predicted molar refractivity (Wildman–Crippen MR) is 175 cm³/mol. The van der Waals surface area contributed by atoms with Gasteiger partial charge in [-0.25, -0.2) is 4.98 Å². The molecule has 0 saturated carbocycles. The number of hydrogen-bond acceptors (Lipinski definition) is 6. The van der Waals surface area contributed by atoms with Crippen LogP contribution in [0.25, 0.3) is 10.8 Å². The summed E-state index contributed by atoms with van der Waals surface area (Å²) in [7, 11) is 1.70. The van der Waals surface area contributed by atoms with Gasteiger partial charge in [-0.1, -0.05) is 54.6 Å². The molecule has 0 fully saturated rings. The lowest BCUT2D eigenvalue weighted by Crippen LogP contribution is -2.47. The minimum atomic E-state index is -0.675. The van der Waals surface area contributed by atoms with Gasteiger partial charge < -0.3 is 25.7 Å². The Hall–Kier alpha value is -4.05. The van der Waals surface area contributed by atoms with Crippen molar-refractivity contribution in [3.05, 3.63) is 102 Å². The van der Waals surface area contributed by atoms with Crippen LogP contribution in [0.4, 0.5) is 0 Å². The van der Waals surface area contributed by atoms with Gasteiger partial charge in [0.05, 0.1) is 19.2 Å². The number of fused-ring (bicyclic) bond motifs is 1. The van der Waals surface area contributed by atoms with Crippen molar-refractivity contribution in [2.75, 3.05) is 26.8 Å². The molecule has 9 heteroatoms. The highest BCUT2D eigenvalue weighted by molar-refractivity contribution is 5.97. The number of amides is 2. The Bertz CT molecular complexity index is 1450. The summed E-state index contributed by atoms with van der Waals surface area (Å²) in [5.41, 5.74) is 2.61.